The van der Waals surface area contributed by atoms with Gasteiger partial charge in [0.2, 0.25) is 35.4 Å². The first-order chi connectivity index (χ1) is 41.3. The minimum absolute atomic E-state index is 0.0160. The first-order valence-corrected chi connectivity index (χ1v) is 32.7. The SMILES string of the molecule is CC(=O)NCSC[C@H](NC(=O)[C@H](CO)NC(=O)[C@@H](NC(=O)[C@H](Cc1ccccc1)NC(=O)[C@@H](NC(=O)[C@H](CCCCNC(=O)OCCS(C)(=O)=O)NC(=O)OC(C)(C)C)C(C)O)C(C)O)C(=O)OCCS(=O)(=O)Cc1ccc(N=Nc2ccccc2)cc1. The van der Waals surface area contributed by atoms with E-state index in [9.17, 15) is 75.3 Å². The van der Waals surface area contributed by atoms with Crippen molar-refractivity contribution >= 4 is 96.4 Å². The molecule has 0 aliphatic carbocycles. The van der Waals surface area contributed by atoms with Gasteiger partial charge in [-0.25, -0.2) is 31.2 Å². The molecule has 0 heterocycles. The number of nitrogens with zero attached hydrogens (tertiary/aromatic N) is 2. The molecule has 3 aromatic carbocycles. The van der Waals surface area contributed by atoms with E-state index in [2.05, 4.69) is 52.8 Å². The third-order valence-corrected chi connectivity index (χ3v) is 15.4. The smallest absolute Gasteiger partial charge is 0.408 e. The molecule has 32 heteroatoms. The van der Waals surface area contributed by atoms with Crippen molar-refractivity contribution in [3.63, 3.8) is 0 Å². The minimum atomic E-state index is -3.88. The number of rotatable bonds is 36. The van der Waals surface area contributed by atoms with Crippen molar-refractivity contribution in [2.45, 2.75) is 127 Å². The van der Waals surface area contributed by atoms with E-state index in [-0.39, 0.29) is 56.2 Å². The fraction of sp³-hybridized carbons (Fsp3) is 0.518. The lowest BCUT2D eigenvalue weighted by Crippen LogP contribution is -2.63. The van der Waals surface area contributed by atoms with E-state index in [0.717, 1.165) is 31.9 Å². The molecule has 8 atom stereocenters. The van der Waals surface area contributed by atoms with E-state index in [1.54, 1.807) is 99.6 Å². The number of aliphatic hydroxyl groups is 3. The van der Waals surface area contributed by atoms with Gasteiger partial charge in [0, 0.05) is 31.9 Å². The van der Waals surface area contributed by atoms with Crippen LogP contribution in [0.5, 0.6) is 0 Å². The number of aliphatic hydroxyl groups excluding tert-OH is 3. The Bertz CT molecular complexity index is 3050. The third-order valence-electron chi connectivity index (χ3n) is 12.0. The Labute approximate surface area is 515 Å². The van der Waals surface area contributed by atoms with Crippen LogP contribution in [0.2, 0.25) is 0 Å². The number of azo groups is 1. The van der Waals surface area contributed by atoms with Crippen LogP contribution >= 0.6 is 11.8 Å². The molecule has 3 aromatic rings. The summed E-state index contributed by atoms with van der Waals surface area (Å²) in [4.78, 5) is 120. The van der Waals surface area contributed by atoms with Crippen LogP contribution in [-0.2, 0) is 79.6 Å². The second kappa shape index (κ2) is 37.2. The number of thioether (sulfide) groups is 1. The number of alkyl carbamates (subject to hydrolysis) is 2. The van der Waals surface area contributed by atoms with Crippen LogP contribution < -0.4 is 42.5 Å². The summed E-state index contributed by atoms with van der Waals surface area (Å²) in [6.45, 7) is 6.13. The zero-order valence-corrected chi connectivity index (χ0v) is 52.3. The maximum atomic E-state index is 14.2. The number of esters is 1. The number of hydrogen-bond acceptors (Lipinski definition) is 22. The van der Waals surface area contributed by atoms with Crippen molar-refractivity contribution in [2.24, 2.45) is 10.2 Å². The maximum absolute atomic E-state index is 14.2. The van der Waals surface area contributed by atoms with Gasteiger partial charge >= 0.3 is 18.2 Å². The van der Waals surface area contributed by atoms with Gasteiger partial charge in [0.15, 0.2) is 19.7 Å². The molecule has 0 saturated carbocycles. The van der Waals surface area contributed by atoms with Gasteiger partial charge in [0.05, 0.1) is 53.3 Å². The molecule has 8 amide bonds. The van der Waals surface area contributed by atoms with Crippen LogP contribution in [0, 0.1) is 0 Å². The number of ether oxygens (including phenoxy) is 3. The van der Waals surface area contributed by atoms with Gasteiger partial charge in [-0.2, -0.15) is 10.2 Å². The second-order valence-corrected chi connectivity index (χ2v) is 26.6. The normalized spacial score (nSPS) is 14.4. The zero-order valence-electron chi connectivity index (χ0n) is 49.9. The fourth-order valence-corrected chi connectivity index (χ4v) is 10.00. The van der Waals surface area contributed by atoms with E-state index in [4.69, 9.17) is 14.2 Å². The van der Waals surface area contributed by atoms with Crippen molar-refractivity contribution < 1.29 is 89.5 Å². The van der Waals surface area contributed by atoms with Crippen LogP contribution in [0.25, 0.3) is 0 Å². The summed E-state index contributed by atoms with van der Waals surface area (Å²) in [5, 5.41) is 59.4. The highest BCUT2D eigenvalue weighted by atomic mass is 32.2. The maximum Gasteiger partial charge on any atom is 0.408 e. The molecule has 0 fully saturated rings. The molecule has 3 rings (SSSR count). The summed E-state index contributed by atoms with van der Waals surface area (Å²) in [5.41, 5.74) is 0.967. The lowest BCUT2D eigenvalue weighted by Gasteiger charge is -2.29. The van der Waals surface area contributed by atoms with E-state index in [1.165, 1.54) is 6.92 Å². The molecule has 0 aliphatic heterocycles. The highest BCUT2D eigenvalue weighted by molar-refractivity contribution is 7.99. The Hall–Kier alpha value is -7.78. The summed E-state index contributed by atoms with van der Waals surface area (Å²) in [5.74, 6) is -8.87. The molecule has 0 radical (unpaired) electrons. The Morgan fingerprint density at radius 1 is 0.591 bits per heavy atom. The number of carbonyl (C=O) groups is 9. The molecule has 0 aromatic heterocycles. The first-order valence-electron chi connectivity index (χ1n) is 27.7. The number of unbranched alkanes of at least 4 members (excludes halogenated alkanes) is 1. The number of carbonyl (C=O) groups excluding carboxylic acids is 9. The van der Waals surface area contributed by atoms with E-state index < -0.39 is 152 Å². The standard InChI is InChI=1S/C56H80N10O19S3/c1-35(68)46(63-48(71)42(62-55(78)85-56(4,5)6)20-14-15-25-57-54(77)84-26-28-87(7,79)80)51(74)59-43(30-38-16-10-8-11-17-38)49(72)64-47(36(2)69)52(75)60-44(31-67)50(73)61-45(32-86-34-58-37(3)70)53(76)83-27-29-88(81,82)33-39-21-23-41(24-22-39)66-65-40-18-12-9-13-19-40/h8-13,16-19,21-24,35-36,42-47,67-69H,14-15,20,25-34H2,1-7H3,(H,57,77)(H,58,70)(H,59,74)(H,60,75)(H,61,73)(H,62,78)(H,63,71)(H,64,72)/t35?,36?,42-,43-,44-,45-,46-,47-/m0/s1. The molecule has 29 nitrogen and oxygen atoms in total. The summed E-state index contributed by atoms with van der Waals surface area (Å²) >= 11 is 0.957. The van der Waals surface area contributed by atoms with Gasteiger partial charge in [-0.05, 0) is 89.3 Å². The summed E-state index contributed by atoms with van der Waals surface area (Å²) in [7, 11) is -7.26. The second-order valence-electron chi connectivity index (χ2n) is 21.1. The monoisotopic (exact) mass is 1290 g/mol. The van der Waals surface area contributed by atoms with Crippen molar-refractivity contribution in [1.82, 2.24) is 42.5 Å². The molecular weight excluding hydrogens is 1210 g/mol. The first kappa shape index (κ1) is 74.5. The zero-order chi connectivity index (χ0) is 65.6. The van der Waals surface area contributed by atoms with Crippen LogP contribution in [0.1, 0.15) is 71.9 Å². The number of hydrogen-bond donors (Lipinski definition) is 11. The van der Waals surface area contributed by atoms with E-state index >= 15 is 0 Å². The van der Waals surface area contributed by atoms with Crippen molar-refractivity contribution in [3.8, 4) is 0 Å². The summed E-state index contributed by atoms with van der Waals surface area (Å²) < 4.78 is 64.3. The Kier molecular flexibility index (Phi) is 31.4. The van der Waals surface area contributed by atoms with Crippen molar-refractivity contribution in [3.05, 3.63) is 96.1 Å². The predicted octanol–water partition coefficient (Wildman–Crippen LogP) is 0.642. The molecule has 0 saturated heterocycles. The van der Waals surface area contributed by atoms with E-state index in [0.29, 0.717) is 22.5 Å². The Balaban J connectivity index is 1.74. The lowest BCUT2D eigenvalue weighted by atomic mass is 10.0. The Morgan fingerprint density at radius 2 is 1.11 bits per heavy atom. The van der Waals surface area contributed by atoms with Gasteiger partial charge in [-0.15, -0.1) is 11.8 Å². The van der Waals surface area contributed by atoms with Gasteiger partial charge < -0.3 is 72.1 Å². The Morgan fingerprint density at radius 3 is 1.66 bits per heavy atom. The molecule has 88 heavy (non-hydrogen) atoms. The fourth-order valence-electron chi connectivity index (χ4n) is 7.55. The summed E-state index contributed by atoms with van der Waals surface area (Å²) in [6.07, 6.45) is -4.29. The molecule has 0 aliphatic rings. The van der Waals surface area contributed by atoms with Crippen LogP contribution in [0.4, 0.5) is 21.0 Å². The average molecular weight is 1290 g/mol. The topological polar surface area (TPSA) is 431 Å². The number of benzene rings is 3. The van der Waals surface area contributed by atoms with Crippen molar-refractivity contribution in [2.75, 3.05) is 55.8 Å². The van der Waals surface area contributed by atoms with Crippen LogP contribution in [0.15, 0.2) is 95.2 Å². The van der Waals surface area contributed by atoms with Gasteiger partial charge in [-0.1, -0.05) is 60.7 Å². The summed E-state index contributed by atoms with van der Waals surface area (Å²) in [6, 6.07) is 13.2. The highest BCUT2D eigenvalue weighted by Crippen LogP contribution is 2.20. The minimum Gasteiger partial charge on any atom is -0.463 e. The van der Waals surface area contributed by atoms with E-state index in [1.807, 2.05) is 6.07 Å². The molecule has 0 spiro atoms. The van der Waals surface area contributed by atoms with Gasteiger partial charge in [0.25, 0.3) is 0 Å². The molecule has 486 valence electrons. The number of nitrogens with one attached hydrogen (secondary N) is 8. The largest absolute Gasteiger partial charge is 0.463 e. The van der Waals surface area contributed by atoms with Crippen molar-refractivity contribution in [1.29, 1.82) is 0 Å². The van der Waals surface area contributed by atoms with Gasteiger partial charge in [-0.3, -0.25) is 28.8 Å². The highest BCUT2D eigenvalue weighted by Gasteiger charge is 2.37. The quantitative estimate of drug-likeness (QED) is 0.0125. The number of amides is 8. The molecule has 0 bridgehead atoms. The van der Waals surface area contributed by atoms with Crippen LogP contribution in [0.3, 0.4) is 0 Å². The number of sulfone groups is 2. The molecular formula is C56H80N10O19S3. The third kappa shape index (κ3) is 30.2. The van der Waals surface area contributed by atoms with Crippen LogP contribution in [-0.4, -0.2) is 196 Å². The molecule has 2 unspecified atom stereocenters. The molecule has 11 N–H and O–H groups in total. The lowest BCUT2D eigenvalue weighted by molar-refractivity contribution is -0.147. The predicted molar refractivity (Wildman–Crippen MR) is 323 cm³/mol. The average Bonchev–Trinajstić information content (AvgIpc) is 3.63. The van der Waals surface area contributed by atoms with Gasteiger partial charge in [0.1, 0.15) is 55.1 Å².